The van der Waals surface area contributed by atoms with Gasteiger partial charge >= 0.3 is 6.09 Å². The Morgan fingerprint density at radius 3 is 2.46 bits per heavy atom. The normalized spacial score (nSPS) is 10.5. The molecule has 0 saturated carbocycles. The van der Waals surface area contributed by atoms with Gasteiger partial charge in [-0.25, -0.2) is 4.79 Å². The molecule has 0 atom stereocenters. The van der Waals surface area contributed by atoms with Gasteiger partial charge in [0.2, 0.25) is 5.91 Å². The van der Waals surface area contributed by atoms with Gasteiger partial charge in [-0.15, -0.1) is 0 Å². The molecule has 24 heavy (non-hydrogen) atoms. The lowest BCUT2D eigenvalue weighted by Crippen LogP contribution is -2.25. The first-order valence-electron chi connectivity index (χ1n) is 7.47. The van der Waals surface area contributed by atoms with Crippen LogP contribution in [0, 0.1) is 6.92 Å². The van der Waals surface area contributed by atoms with Crippen LogP contribution in [0.15, 0.2) is 54.6 Å². The highest BCUT2D eigenvalue weighted by Gasteiger charge is 2.10. The van der Waals surface area contributed by atoms with Crippen molar-refractivity contribution in [3.05, 3.63) is 65.7 Å². The summed E-state index contributed by atoms with van der Waals surface area (Å²) in [5.74, 6) is -0.217. The van der Waals surface area contributed by atoms with Crippen molar-refractivity contribution < 1.29 is 14.3 Å². The number of aryl methyl sites for hydroxylation is 1. The van der Waals surface area contributed by atoms with E-state index in [9.17, 15) is 9.59 Å². The average molecular weight is 324 g/mol. The Labute approximate surface area is 141 Å². The molecule has 2 rings (SSSR count). The Bertz CT molecular complexity index is 751. The summed E-state index contributed by atoms with van der Waals surface area (Å²) in [7, 11) is 2.94. The lowest BCUT2D eigenvalue weighted by atomic mass is 10.1. The summed E-state index contributed by atoms with van der Waals surface area (Å²) in [6.45, 7) is 2.00. The minimum atomic E-state index is -0.451. The maximum absolute atomic E-state index is 12.0. The smallest absolute Gasteiger partial charge is 0.413 e. The fourth-order valence-corrected chi connectivity index (χ4v) is 2.14. The Balaban J connectivity index is 1.98. The molecule has 0 spiro atoms. The lowest BCUT2D eigenvalue weighted by Gasteiger charge is -2.15. The molecule has 5 nitrogen and oxygen atoms in total. The van der Waals surface area contributed by atoms with Crippen LogP contribution in [0.1, 0.15) is 11.1 Å². The van der Waals surface area contributed by atoms with Crippen LogP contribution >= 0.6 is 0 Å². The second-order valence-corrected chi connectivity index (χ2v) is 5.31. The number of carbonyl (C=O) groups is 2. The van der Waals surface area contributed by atoms with E-state index in [4.69, 9.17) is 0 Å². The molecule has 0 bridgehead atoms. The standard InChI is InChI=1S/C19H20N2O3/c1-14-5-4-6-15(13-14)7-12-18(22)20-16-8-10-17(11-9-16)21(2)19(23)24-3/h4-13H,1-3H3,(H,20,22). The summed E-state index contributed by atoms with van der Waals surface area (Å²) in [6.07, 6.45) is 2.80. The van der Waals surface area contributed by atoms with Crippen LogP contribution in [0.4, 0.5) is 16.2 Å². The van der Waals surface area contributed by atoms with Crippen LogP contribution in [0.3, 0.4) is 0 Å². The van der Waals surface area contributed by atoms with E-state index in [2.05, 4.69) is 10.1 Å². The third-order valence-electron chi connectivity index (χ3n) is 3.44. The molecule has 2 aromatic rings. The molecular weight excluding hydrogens is 304 g/mol. The van der Waals surface area contributed by atoms with Gasteiger partial charge in [0.25, 0.3) is 0 Å². The molecular formula is C19H20N2O3. The van der Waals surface area contributed by atoms with Crippen molar-refractivity contribution in [3.8, 4) is 0 Å². The topological polar surface area (TPSA) is 58.6 Å². The quantitative estimate of drug-likeness (QED) is 0.869. The first-order chi connectivity index (χ1) is 11.5. The number of methoxy groups -OCH3 is 1. The van der Waals surface area contributed by atoms with Crippen LogP contribution in [0.25, 0.3) is 6.08 Å². The molecule has 0 radical (unpaired) electrons. The number of benzene rings is 2. The summed E-state index contributed by atoms with van der Waals surface area (Å²) in [5.41, 5.74) is 3.44. The van der Waals surface area contributed by atoms with Crippen LogP contribution in [0.5, 0.6) is 0 Å². The zero-order valence-electron chi connectivity index (χ0n) is 13.9. The Morgan fingerprint density at radius 1 is 1.12 bits per heavy atom. The number of amides is 2. The van der Waals surface area contributed by atoms with Crippen LogP contribution < -0.4 is 10.2 Å². The molecule has 2 aromatic carbocycles. The predicted molar refractivity (Wildman–Crippen MR) is 96.1 cm³/mol. The minimum absolute atomic E-state index is 0.217. The molecule has 0 heterocycles. The Kier molecular flexibility index (Phi) is 5.73. The molecule has 0 fully saturated rings. The summed E-state index contributed by atoms with van der Waals surface area (Å²) in [5, 5.41) is 2.78. The number of anilines is 2. The number of rotatable bonds is 4. The summed E-state index contributed by atoms with van der Waals surface area (Å²) in [6, 6.07) is 14.8. The highest BCUT2D eigenvalue weighted by Crippen LogP contribution is 2.17. The minimum Gasteiger partial charge on any atom is -0.452 e. The molecule has 5 heteroatoms. The van der Waals surface area contributed by atoms with Crippen molar-refractivity contribution in [1.82, 2.24) is 0 Å². The van der Waals surface area contributed by atoms with Gasteiger partial charge < -0.3 is 10.1 Å². The van der Waals surface area contributed by atoms with E-state index in [0.717, 1.165) is 11.1 Å². The maximum atomic E-state index is 12.0. The highest BCUT2D eigenvalue weighted by molar-refractivity contribution is 6.02. The van der Waals surface area contributed by atoms with E-state index in [1.165, 1.54) is 18.1 Å². The van der Waals surface area contributed by atoms with Crippen molar-refractivity contribution in [2.45, 2.75) is 6.92 Å². The van der Waals surface area contributed by atoms with Crippen molar-refractivity contribution in [2.24, 2.45) is 0 Å². The van der Waals surface area contributed by atoms with Gasteiger partial charge in [0.15, 0.2) is 0 Å². The summed E-state index contributed by atoms with van der Waals surface area (Å²) < 4.78 is 4.65. The zero-order chi connectivity index (χ0) is 17.5. The number of carbonyl (C=O) groups excluding carboxylic acids is 2. The molecule has 0 aliphatic carbocycles. The summed E-state index contributed by atoms with van der Waals surface area (Å²) >= 11 is 0. The van der Waals surface area contributed by atoms with Gasteiger partial charge in [0.1, 0.15) is 0 Å². The molecule has 2 amide bonds. The molecule has 0 aromatic heterocycles. The lowest BCUT2D eigenvalue weighted by molar-refractivity contribution is -0.111. The van der Waals surface area contributed by atoms with E-state index >= 15 is 0 Å². The largest absolute Gasteiger partial charge is 0.452 e. The average Bonchev–Trinajstić information content (AvgIpc) is 2.59. The Hall–Kier alpha value is -3.08. The number of ether oxygens (including phenoxy) is 1. The van der Waals surface area contributed by atoms with Crippen molar-refractivity contribution >= 4 is 29.5 Å². The Morgan fingerprint density at radius 2 is 1.83 bits per heavy atom. The fraction of sp³-hybridized carbons (Fsp3) is 0.158. The van der Waals surface area contributed by atoms with E-state index in [-0.39, 0.29) is 5.91 Å². The van der Waals surface area contributed by atoms with Crippen molar-refractivity contribution in [3.63, 3.8) is 0 Å². The molecule has 0 unspecified atom stereocenters. The maximum Gasteiger partial charge on any atom is 0.413 e. The van der Waals surface area contributed by atoms with Gasteiger partial charge in [0, 0.05) is 24.5 Å². The first-order valence-corrected chi connectivity index (χ1v) is 7.47. The molecule has 0 saturated heterocycles. The van der Waals surface area contributed by atoms with Gasteiger partial charge in [-0.1, -0.05) is 29.8 Å². The van der Waals surface area contributed by atoms with Crippen molar-refractivity contribution in [1.29, 1.82) is 0 Å². The molecule has 1 N–H and O–H groups in total. The van der Waals surface area contributed by atoms with Crippen LogP contribution in [-0.2, 0) is 9.53 Å². The van der Waals surface area contributed by atoms with E-state index in [1.54, 1.807) is 37.4 Å². The van der Waals surface area contributed by atoms with Gasteiger partial charge in [-0.05, 0) is 42.8 Å². The number of nitrogens with one attached hydrogen (secondary N) is 1. The SMILES string of the molecule is COC(=O)N(C)c1ccc(NC(=O)C=Cc2cccc(C)c2)cc1. The van der Waals surface area contributed by atoms with Crippen LogP contribution in [0.2, 0.25) is 0 Å². The third kappa shape index (κ3) is 4.71. The second-order valence-electron chi connectivity index (χ2n) is 5.31. The van der Waals surface area contributed by atoms with Crippen LogP contribution in [-0.4, -0.2) is 26.2 Å². The summed E-state index contributed by atoms with van der Waals surface area (Å²) in [4.78, 5) is 24.8. The second kappa shape index (κ2) is 7.97. The number of hydrogen-bond acceptors (Lipinski definition) is 3. The number of hydrogen-bond donors (Lipinski definition) is 1. The zero-order valence-corrected chi connectivity index (χ0v) is 13.9. The third-order valence-corrected chi connectivity index (χ3v) is 3.44. The molecule has 0 aliphatic rings. The predicted octanol–water partition coefficient (Wildman–Crippen LogP) is 3.85. The van der Waals surface area contributed by atoms with E-state index < -0.39 is 6.09 Å². The highest BCUT2D eigenvalue weighted by atomic mass is 16.5. The molecule has 124 valence electrons. The van der Waals surface area contributed by atoms with E-state index in [0.29, 0.717) is 11.4 Å². The first kappa shape index (κ1) is 17.3. The van der Waals surface area contributed by atoms with Gasteiger partial charge in [-0.3, -0.25) is 9.69 Å². The number of nitrogens with zero attached hydrogens (tertiary/aromatic N) is 1. The van der Waals surface area contributed by atoms with Crippen molar-refractivity contribution in [2.75, 3.05) is 24.4 Å². The fourth-order valence-electron chi connectivity index (χ4n) is 2.14. The van der Waals surface area contributed by atoms with Gasteiger partial charge in [0.05, 0.1) is 7.11 Å². The monoisotopic (exact) mass is 324 g/mol. The van der Waals surface area contributed by atoms with E-state index in [1.807, 2.05) is 31.2 Å². The van der Waals surface area contributed by atoms with Gasteiger partial charge in [-0.2, -0.15) is 0 Å². The molecule has 0 aliphatic heterocycles.